The van der Waals surface area contributed by atoms with Gasteiger partial charge in [-0.05, 0) is 30.7 Å². The molecule has 0 spiro atoms. The van der Waals surface area contributed by atoms with Crippen LogP contribution in [0.3, 0.4) is 0 Å². The number of nitrogens with zero attached hydrogens (tertiary/aromatic N) is 1. The normalized spacial score (nSPS) is 11.2. The largest absolute Gasteiger partial charge is 0.497 e. The summed E-state index contributed by atoms with van der Waals surface area (Å²) in [4.78, 5) is 0. The summed E-state index contributed by atoms with van der Waals surface area (Å²) in [5.74, 6) is 0.918. The molecule has 0 bridgehead atoms. The number of benzene rings is 2. The van der Waals surface area contributed by atoms with Gasteiger partial charge >= 0.3 is 0 Å². The molecule has 0 aliphatic heterocycles. The molecule has 92 valence electrons. The molecule has 0 atom stereocenters. The van der Waals surface area contributed by atoms with E-state index in [9.17, 15) is 0 Å². The minimum atomic E-state index is 0.918. The molecule has 0 aliphatic rings. The van der Waals surface area contributed by atoms with Crippen molar-refractivity contribution < 1.29 is 4.74 Å². The molecule has 2 aromatic carbocycles. The Morgan fingerprint density at radius 1 is 1.00 bits per heavy atom. The van der Waals surface area contributed by atoms with Crippen molar-refractivity contribution in [2.24, 2.45) is 0 Å². The van der Waals surface area contributed by atoms with Crippen LogP contribution >= 0.6 is 0 Å². The fourth-order valence-corrected chi connectivity index (χ4v) is 2.62. The van der Waals surface area contributed by atoms with Gasteiger partial charge in [-0.3, -0.25) is 0 Å². The second kappa shape index (κ2) is 4.37. The van der Waals surface area contributed by atoms with Gasteiger partial charge in [-0.15, -0.1) is 0 Å². The first-order valence-corrected chi connectivity index (χ1v) is 6.40. The average Bonchev–Trinajstić information content (AvgIpc) is 2.74. The molecule has 0 fully saturated rings. The molecule has 0 radical (unpaired) electrons. The molecule has 0 saturated carbocycles. The predicted octanol–water partition coefficient (Wildman–Crippen LogP) is 4.21. The monoisotopic (exact) mass is 239 g/mol. The molecule has 0 saturated heterocycles. The third-order valence-corrected chi connectivity index (χ3v) is 3.43. The van der Waals surface area contributed by atoms with Crippen LogP contribution in [0.5, 0.6) is 5.75 Å². The number of rotatable bonds is 3. The highest BCUT2D eigenvalue weighted by Crippen LogP contribution is 2.31. The number of methoxy groups -OCH3 is 1. The van der Waals surface area contributed by atoms with Gasteiger partial charge in [0.25, 0.3) is 0 Å². The van der Waals surface area contributed by atoms with Crippen LogP contribution < -0.4 is 4.74 Å². The first-order chi connectivity index (χ1) is 8.85. The Kier molecular flexibility index (Phi) is 2.71. The third-order valence-electron chi connectivity index (χ3n) is 3.43. The molecule has 0 N–H and O–H groups in total. The molecule has 0 amide bonds. The summed E-state index contributed by atoms with van der Waals surface area (Å²) in [5.41, 5.74) is 2.60. The second-order valence-electron chi connectivity index (χ2n) is 4.55. The summed E-state index contributed by atoms with van der Waals surface area (Å²) in [6.45, 7) is 3.26. The smallest absolute Gasteiger partial charge is 0.119 e. The van der Waals surface area contributed by atoms with E-state index in [1.165, 1.54) is 21.8 Å². The standard InChI is InChI=1S/C16H17NO/c1-3-10-17-15-7-5-4-6-13(15)14-11-12(18-2)8-9-16(14)17/h4-9,11H,3,10H2,1-2H3. The molecule has 3 rings (SSSR count). The van der Waals surface area contributed by atoms with Crippen molar-refractivity contribution in [3.63, 3.8) is 0 Å². The van der Waals surface area contributed by atoms with Gasteiger partial charge in [-0.2, -0.15) is 0 Å². The van der Waals surface area contributed by atoms with Crippen LogP contribution in [0.15, 0.2) is 42.5 Å². The van der Waals surface area contributed by atoms with Crippen molar-refractivity contribution in [3.05, 3.63) is 42.5 Å². The molecule has 1 aromatic heterocycles. The van der Waals surface area contributed by atoms with E-state index in [-0.39, 0.29) is 0 Å². The van der Waals surface area contributed by atoms with Gasteiger partial charge in [0.15, 0.2) is 0 Å². The van der Waals surface area contributed by atoms with Crippen molar-refractivity contribution in [1.82, 2.24) is 4.57 Å². The van der Waals surface area contributed by atoms with Crippen molar-refractivity contribution >= 4 is 21.8 Å². The molecule has 0 aliphatic carbocycles. The number of ether oxygens (including phenoxy) is 1. The Hall–Kier alpha value is -1.96. The van der Waals surface area contributed by atoms with E-state index in [0.29, 0.717) is 0 Å². The minimum Gasteiger partial charge on any atom is -0.497 e. The zero-order chi connectivity index (χ0) is 12.5. The Bertz CT molecular complexity index is 697. The highest BCUT2D eigenvalue weighted by atomic mass is 16.5. The maximum atomic E-state index is 5.33. The fraction of sp³-hybridized carbons (Fsp3) is 0.250. The molecule has 2 nitrogen and oxygen atoms in total. The van der Waals surface area contributed by atoms with E-state index in [1.54, 1.807) is 7.11 Å². The van der Waals surface area contributed by atoms with Crippen molar-refractivity contribution in [3.8, 4) is 5.75 Å². The highest BCUT2D eigenvalue weighted by Gasteiger charge is 2.09. The number of aryl methyl sites for hydroxylation is 1. The molecule has 1 heterocycles. The van der Waals surface area contributed by atoms with Crippen LogP contribution in [-0.4, -0.2) is 11.7 Å². The summed E-state index contributed by atoms with van der Waals surface area (Å²) < 4.78 is 7.72. The number of hydrogen-bond donors (Lipinski definition) is 0. The van der Waals surface area contributed by atoms with E-state index >= 15 is 0 Å². The Balaban J connectivity index is 2.41. The fourth-order valence-electron chi connectivity index (χ4n) is 2.62. The molecule has 0 unspecified atom stereocenters. The molecular formula is C16H17NO. The van der Waals surface area contributed by atoms with E-state index < -0.39 is 0 Å². The zero-order valence-electron chi connectivity index (χ0n) is 10.8. The van der Waals surface area contributed by atoms with Crippen molar-refractivity contribution in [2.75, 3.05) is 7.11 Å². The summed E-state index contributed by atoms with van der Waals surface area (Å²) in [7, 11) is 1.71. The SMILES string of the molecule is CCCn1c2ccccc2c2cc(OC)ccc21. The highest BCUT2D eigenvalue weighted by molar-refractivity contribution is 6.08. The number of aromatic nitrogens is 1. The third kappa shape index (κ3) is 1.57. The predicted molar refractivity (Wildman–Crippen MR) is 76.3 cm³/mol. The van der Waals surface area contributed by atoms with Crippen LogP contribution in [0, 0.1) is 0 Å². The number of fused-ring (bicyclic) bond motifs is 3. The Morgan fingerprint density at radius 3 is 2.56 bits per heavy atom. The van der Waals surface area contributed by atoms with Gasteiger partial charge in [-0.1, -0.05) is 25.1 Å². The van der Waals surface area contributed by atoms with Gasteiger partial charge < -0.3 is 9.30 Å². The summed E-state index contributed by atoms with van der Waals surface area (Å²) in [5, 5.41) is 2.58. The minimum absolute atomic E-state index is 0.918. The first-order valence-electron chi connectivity index (χ1n) is 6.40. The van der Waals surface area contributed by atoms with Gasteiger partial charge in [0.1, 0.15) is 5.75 Å². The van der Waals surface area contributed by atoms with Gasteiger partial charge in [0.2, 0.25) is 0 Å². The Morgan fingerprint density at radius 2 is 1.78 bits per heavy atom. The van der Waals surface area contributed by atoms with Gasteiger partial charge in [0.05, 0.1) is 7.11 Å². The van der Waals surface area contributed by atoms with Crippen LogP contribution in [0.25, 0.3) is 21.8 Å². The lowest BCUT2D eigenvalue weighted by atomic mass is 10.1. The Labute approximate surface area is 107 Å². The van der Waals surface area contributed by atoms with Gasteiger partial charge in [-0.25, -0.2) is 0 Å². The van der Waals surface area contributed by atoms with Gasteiger partial charge in [0, 0.05) is 28.4 Å². The maximum Gasteiger partial charge on any atom is 0.119 e. The maximum absolute atomic E-state index is 5.33. The molecule has 3 aromatic rings. The van der Waals surface area contributed by atoms with Crippen LogP contribution in [0.2, 0.25) is 0 Å². The van der Waals surface area contributed by atoms with Crippen LogP contribution in [0.4, 0.5) is 0 Å². The average molecular weight is 239 g/mol. The van der Waals surface area contributed by atoms with Crippen molar-refractivity contribution in [2.45, 2.75) is 19.9 Å². The van der Waals surface area contributed by atoms with E-state index in [0.717, 1.165) is 18.7 Å². The van der Waals surface area contributed by atoms with E-state index in [4.69, 9.17) is 4.74 Å². The van der Waals surface area contributed by atoms with Crippen molar-refractivity contribution in [1.29, 1.82) is 0 Å². The van der Waals surface area contributed by atoms with E-state index in [1.807, 2.05) is 6.07 Å². The molecule has 18 heavy (non-hydrogen) atoms. The lowest BCUT2D eigenvalue weighted by molar-refractivity contribution is 0.415. The van der Waals surface area contributed by atoms with Crippen LogP contribution in [0.1, 0.15) is 13.3 Å². The second-order valence-corrected chi connectivity index (χ2v) is 4.55. The lowest BCUT2D eigenvalue weighted by Crippen LogP contribution is -1.95. The first kappa shape index (κ1) is 11.1. The van der Waals surface area contributed by atoms with E-state index in [2.05, 4.69) is 47.9 Å². The topological polar surface area (TPSA) is 14.2 Å². The lowest BCUT2D eigenvalue weighted by Gasteiger charge is -2.05. The number of hydrogen-bond acceptors (Lipinski definition) is 1. The summed E-state index contributed by atoms with van der Waals surface area (Å²) in [6.07, 6.45) is 1.14. The summed E-state index contributed by atoms with van der Waals surface area (Å²) in [6, 6.07) is 14.9. The summed E-state index contributed by atoms with van der Waals surface area (Å²) >= 11 is 0. The zero-order valence-corrected chi connectivity index (χ0v) is 10.8. The molecular weight excluding hydrogens is 222 g/mol. The number of para-hydroxylation sites is 1. The quantitative estimate of drug-likeness (QED) is 0.667. The van der Waals surface area contributed by atoms with Crippen LogP contribution in [-0.2, 0) is 6.54 Å². The molecule has 2 heteroatoms.